The van der Waals surface area contributed by atoms with Gasteiger partial charge in [0.05, 0.1) is 29.7 Å². The fourth-order valence-corrected chi connectivity index (χ4v) is 5.19. The second-order valence-electron chi connectivity index (χ2n) is 6.22. The molecule has 0 heterocycles. The Kier molecular flexibility index (Phi) is 3.18. The van der Waals surface area contributed by atoms with Crippen molar-refractivity contribution in [3.63, 3.8) is 0 Å². The summed E-state index contributed by atoms with van der Waals surface area (Å²) in [5.74, 6) is 0.975. The number of ether oxygens (including phenoxy) is 3. The fourth-order valence-electron chi connectivity index (χ4n) is 4.72. The maximum atomic E-state index is 11.5. The molecule has 4 bridgehead atoms. The SMILES string of the molecule is COC(=O)OC12CC3CC(CC(OC(=O)I)(C3)C1)C2. The van der Waals surface area contributed by atoms with Crippen molar-refractivity contribution < 1.29 is 23.8 Å². The third kappa shape index (κ3) is 2.43. The number of methoxy groups -OCH3 is 1. The van der Waals surface area contributed by atoms with Gasteiger partial charge in [0.25, 0.3) is 0 Å². The van der Waals surface area contributed by atoms with Crippen LogP contribution in [0.15, 0.2) is 0 Å². The molecular weight excluding hydrogens is 363 g/mol. The average molecular weight is 380 g/mol. The maximum absolute atomic E-state index is 11.5. The third-order valence-electron chi connectivity index (χ3n) is 4.72. The number of hydrogen-bond acceptors (Lipinski definition) is 5. The van der Waals surface area contributed by atoms with Crippen molar-refractivity contribution in [1.82, 2.24) is 0 Å². The molecule has 0 aromatic heterocycles. The van der Waals surface area contributed by atoms with E-state index in [1.807, 2.05) is 0 Å². The van der Waals surface area contributed by atoms with E-state index in [4.69, 9.17) is 9.47 Å². The molecule has 0 aliphatic heterocycles. The van der Waals surface area contributed by atoms with Crippen LogP contribution in [-0.2, 0) is 14.2 Å². The lowest BCUT2D eigenvalue weighted by atomic mass is 9.52. The van der Waals surface area contributed by atoms with Crippen LogP contribution in [0.2, 0.25) is 0 Å². The van der Waals surface area contributed by atoms with Crippen molar-refractivity contribution in [3.05, 3.63) is 0 Å². The molecule has 4 fully saturated rings. The standard InChI is InChI=1S/C13H17IO5/c1-17-11(16)19-13-5-8-2-9(6-13)4-12(3-8,7-13)18-10(14)15/h8-9H,2-7H2,1H3. The van der Waals surface area contributed by atoms with Gasteiger partial charge >= 0.3 is 10.1 Å². The van der Waals surface area contributed by atoms with Crippen LogP contribution in [0.1, 0.15) is 38.5 Å². The smallest absolute Gasteiger partial charge is 0.451 e. The van der Waals surface area contributed by atoms with Crippen molar-refractivity contribution in [2.75, 3.05) is 7.11 Å². The summed E-state index contributed by atoms with van der Waals surface area (Å²) in [6.45, 7) is 0. The van der Waals surface area contributed by atoms with E-state index < -0.39 is 17.4 Å². The third-order valence-corrected chi connectivity index (χ3v) is 4.94. The maximum Gasteiger partial charge on any atom is 0.508 e. The highest BCUT2D eigenvalue weighted by Gasteiger charge is 2.61. The molecule has 2 unspecified atom stereocenters. The van der Waals surface area contributed by atoms with Gasteiger partial charge in [0.1, 0.15) is 11.2 Å². The molecule has 4 aliphatic carbocycles. The van der Waals surface area contributed by atoms with Crippen LogP contribution in [0, 0.1) is 11.8 Å². The highest BCUT2D eigenvalue weighted by Crippen LogP contribution is 2.60. The summed E-state index contributed by atoms with van der Waals surface area (Å²) in [5.41, 5.74) is -0.903. The summed E-state index contributed by atoms with van der Waals surface area (Å²) in [6.07, 6.45) is 4.72. The highest BCUT2D eigenvalue weighted by atomic mass is 127. The molecule has 4 rings (SSSR count). The quantitative estimate of drug-likeness (QED) is 0.417. The molecule has 4 aliphatic rings. The van der Waals surface area contributed by atoms with Gasteiger partial charge in [-0.05, 0) is 43.9 Å². The molecule has 0 saturated heterocycles. The van der Waals surface area contributed by atoms with Crippen LogP contribution in [0.5, 0.6) is 0 Å². The van der Waals surface area contributed by atoms with Crippen LogP contribution in [0.3, 0.4) is 0 Å². The molecule has 0 aromatic rings. The van der Waals surface area contributed by atoms with Gasteiger partial charge in [-0.3, -0.25) is 0 Å². The Morgan fingerprint density at radius 3 is 2.05 bits per heavy atom. The Morgan fingerprint density at radius 2 is 1.58 bits per heavy atom. The lowest BCUT2D eigenvalue weighted by Gasteiger charge is -2.59. The predicted molar refractivity (Wildman–Crippen MR) is 74.1 cm³/mol. The van der Waals surface area contributed by atoms with E-state index in [1.165, 1.54) is 7.11 Å². The molecule has 0 aromatic carbocycles. The first-order valence-electron chi connectivity index (χ1n) is 6.60. The zero-order valence-corrected chi connectivity index (χ0v) is 13.0. The first-order chi connectivity index (χ1) is 8.94. The zero-order chi connectivity index (χ0) is 13.7. The average Bonchev–Trinajstić information content (AvgIpc) is 2.24. The van der Waals surface area contributed by atoms with Crippen molar-refractivity contribution in [3.8, 4) is 0 Å². The predicted octanol–water partition coefficient (Wildman–Crippen LogP) is 3.43. The molecule has 6 heteroatoms. The summed E-state index contributed by atoms with van der Waals surface area (Å²) in [4.78, 5) is 22.8. The van der Waals surface area contributed by atoms with Gasteiger partial charge in [-0.1, -0.05) is 0 Å². The van der Waals surface area contributed by atoms with Crippen LogP contribution in [0.4, 0.5) is 9.59 Å². The van der Waals surface area contributed by atoms with Crippen LogP contribution in [0.25, 0.3) is 0 Å². The second-order valence-corrected chi connectivity index (χ2v) is 7.10. The van der Waals surface area contributed by atoms with E-state index in [9.17, 15) is 9.59 Å². The molecule has 2 atom stereocenters. The summed E-state index contributed by atoms with van der Waals surface area (Å²) in [5, 5.41) is 0. The van der Waals surface area contributed by atoms with Gasteiger partial charge in [0, 0.05) is 6.42 Å². The monoisotopic (exact) mass is 380 g/mol. The van der Waals surface area contributed by atoms with Crippen molar-refractivity contribution >= 4 is 32.7 Å². The van der Waals surface area contributed by atoms with Crippen molar-refractivity contribution in [2.45, 2.75) is 49.7 Å². The molecule has 4 saturated carbocycles. The zero-order valence-electron chi connectivity index (χ0n) is 10.8. The highest BCUT2D eigenvalue weighted by molar-refractivity contribution is 14.1. The minimum absolute atomic E-state index is 0.271. The van der Waals surface area contributed by atoms with Gasteiger partial charge in [0.2, 0.25) is 0 Å². The summed E-state index contributed by atoms with van der Waals surface area (Å²) in [6, 6.07) is 0. The van der Waals surface area contributed by atoms with Gasteiger partial charge in [-0.25, -0.2) is 9.59 Å². The summed E-state index contributed by atoms with van der Waals surface area (Å²) in [7, 11) is 1.32. The van der Waals surface area contributed by atoms with E-state index in [2.05, 4.69) is 4.74 Å². The van der Waals surface area contributed by atoms with Crippen LogP contribution >= 0.6 is 22.6 Å². The Hall–Kier alpha value is -0.530. The molecule has 0 spiro atoms. The molecule has 106 valence electrons. The van der Waals surface area contributed by atoms with Gasteiger partial charge in [-0.2, -0.15) is 0 Å². The van der Waals surface area contributed by atoms with Crippen LogP contribution < -0.4 is 0 Å². The summed E-state index contributed by atoms with van der Waals surface area (Å²) >= 11 is 1.68. The molecule has 0 amide bonds. The lowest BCUT2D eigenvalue weighted by molar-refractivity contribution is -0.200. The normalized spacial score (nSPS) is 42.8. The van der Waals surface area contributed by atoms with E-state index in [1.54, 1.807) is 22.6 Å². The summed E-state index contributed by atoms with van der Waals surface area (Å²) < 4.78 is 15.5. The van der Waals surface area contributed by atoms with E-state index in [0.717, 1.165) is 32.1 Å². The van der Waals surface area contributed by atoms with E-state index in [0.29, 0.717) is 18.3 Å². The molecule has 19 heavy (non-hydrogen) atoms. The van der Waals surface area contributed by atoms with Gasteiger partial charge in [0.15, 0.2) is 0 Å². The number of halogens is 1. The number of hydrogen-bond donors (Lipinski definition) is 0. The van der Waals surface area contributed by atoms with Gasteiger partial charge < -0.3 is 14.2 Å². The lowest BCUT2D eigenvalue weighted by Crippen LogP contribution is -2.61. The second kappa shape index (κ2) is 4.49. The molecule has 5 nitrogen and oxygen atoms in total. The van der Waals surface area contributed by atoms with Gasteiger partial charge in [-0.15, -0.1) is 0 Å². The van der Waals surface area contributed by atoms with Crippen molar-refractivity contribution in [1.29, 1.82) is 0 Å². The Bertz CT molecular complexity index is 407. The minimum Gasteiger partial charge on any atom is -0.451 e. The first kappa shape index (κ1) is 13.5. The van der Waals surface area contributed by atoms with Crippen LogP contribution in [-0.4, -0.2) is 28.4 Å². The fraction of sp³-hybridized carbons (Fsp3) is 0.846. The topological polar surface area (TPSA) is 61.8 Å². The number of carbonyl (C=O) groups is 2. The van der Waals surface area contributed by atoms with Crippen molar-refractivity contribution in [2.24, 2.45) is 11.8 Å². The van der Waals surface area contributed by atoms with E-state index in [-0.39, 0.29) is 3.98 Å². The number of rotatable bonds is 2. The molecular formula is C13H17IO5. The Balaban J connectivity index is 1.84. The number of carbonyl (C=O) groups excluding carboxylic acids is 2. The first-order valence-corrected chi connectivity index (χ1v) is 7.68. The largest absolute Gasteiger partial charge is 0.508 e. The Morgan fingerprint density at radius 1 is 1.05 bits per heavy atom. The van der Waals surface area contributed by atoms with E-state index >= 15 is 0 Å². The molecule has 0 N–H and O–H groups in total. The Labute approximate surface area is 125 Å². The molecule has 0 radical (unpaired) electrons. The minimum atomic E-state index is -0.627.